The highest BCUT2D eigenvalue weighted by Crippen LogP contribution is 2.33. The molecule has 0 radical (unpaired) electrons. The lowest BCUT2D eigenvalue weighted by molar-refractivity contribution is -0.121. The molecule has 0 unspecified atom stereocenters. The number of thiazole rings is 1. The molecule has 2 aromatic heterocycles. The predicted octanol–water partition coefficient (Wildman–Crippen LogP) is 2.72. The van der Waals surface area contributed by atoms with Crippen LogP contribution in [0.3, 0.4) is 0 Å². The zero-order valence-corrected chi connectivity index (χ0v) is 19.1. The van der Waals surface area contributed by atoms with E-state index < -0.39 is 11.8 Å². The monoisotopic (exact) mass is 479 g/mol. The molecule has 2 heterocycles. The normalized spacial score (nSPS) is 10.5. The molecule has 2 amide bonds. The number of nitrogens with one attached hydrogen (secondary N) is 2. The molecular formula is C23H21N5O5S. The van der Waals surface area contributed by atoms with Crippen molar-refractivity contribution in [3.05, 3.63) is 71.5 Å². The van der Waals surface area contributed by atoms with Gasteiger partial charge in [-0.1, -0.05) is 18.2 Å². The molecule has 0 aliphatic rings. The van der Waals surface area contributed by atoms with Gasteiger partial charge in [0, 0.05) is 10.9 Å². The molecule has 0 aliphatic heterocycles. The van der Waals surface area contributed by atoms with Crippen LogP contribution in [0.15, 0.2) is 60.1 Å². The number of aromatic nitrogens is 3. The molecule has 0 spiro atoms. The number of benzene rings is 2. The number of carbonyl (C=O) groups is 2. The van der Waals surface area contributed by atoms with Crippen LogP contribution >= 0.6 is 11.3 Å². The minimum Gasteiger partial charge on any atom is -0.504 e. The van der Waals surface area contributed by atoms with E-state index in [1.165, 1.54) is 22.2 Å². The zero-order valence-electron chi connectivity index (χ0n) is 18.3. The Morgan fingerprint density at radius 1 is 1.06 bits per heavy atom. The maximum absolute atomic E-state index is 12.4. The summed E-state index contributed by atoms with van der Waals surface area (Å²) in [6, 6.07) is 14.5. The first-order valence-corrected chi connectivity index (χ1v) is 11.0. The van der Waals surface area contributed by atoms with Gasteiger partial charge in [-0.15, -0.1) is 11.3 Å². The lowest BCUT2D eigenvalue weighted by Gasteiger charge is -2.08. The van der Waals surface area contributed by atoms with Crippen molar-refractivity contribution >= 4 is 23.2 Å². The third-order valence-electron chi connectivity index (χ3n) is 4.77. The number of methoxy groups -OCH3 is 2. The Hall–Kier alpha value is -4.38. The molecule has 34 heavy (non-hydrogen) atoms. The van der Waals surface area contributed by atoms with Gasteiger partial charge in [-0.05, 0) is 30.3 Å². The quantitative estimate of drug-likeness (QED) is 0.348. The number of aromatic hydroxyl groups is 1. The average Bonchev–Trinajstić information content (AvgIpc) is 3.49. The van der Waals surface area contributed by atoms with Crippen molar-refractivity contribution in [1.29, 1.82) is 0 Å². The van der Waals surface area contributed by atoms with Crippen molar-refractivity contribution in [2.75, 3.05) is 14.2 Å². The van der Waals surface area contributed by atoms with E-state index in [-0.39, 0.29) is 17.9 Å². The molecule has 11 heteroatoms. The molecule has 4 aromatic rings. The number of nitrogens with zero attached hydrogens (tertiary/aromatic N) is 3. The Morgan fingerprint density at radius 2 is 1.82 bits per heavy atom. The zero-order chi connectivity index (χ0) is 24.1. The van der Waals surface area contributed by atoms with Crippen LogP contribution in [0.4, 0.5) is 0 Å². The van der Waals surface area contributed by atoms with Crippen LogP contribution in [-0.2, 0) is 11.2 Å². The van der Waals surface area contributed by atoms with Crippen molar-refractivity contribution in [2.24, 2.45) is 0 Å². The van der Waals surface area contributed by atoms with Crippen molar-refractivity contribution in [3.63, 3.8) is 0 Å². The second kappa shape index (κ2) is 10.0. The Labute approximate surface area is 198 Å². The third-order valence-corrected chi connectivity index (χ3v) is 5.71. The summed E-state index contributed by atoms with van der Waals surface area (Å²) in [5.41, 5.74) is 6.41. The number of amides is 2. The summed E-state index contributed by atoms with van der Waals surface area (Å²) in [7, 11) is 3.12. The van der Waals surface area contributed by atoms with E-state index >= 15 is 0 Å². The van der Waals surface area contributed by atoms with Crippen LogP contribution in [0.2, 0.25) is 0 Å². The predicted molar refractivity (Wildman–Crippen MR) is 125 cm³/mol. The number of hydrogen-bond donors (Lipinski definition) is 3. The Morgan fingerprint density at radius 3 is 2.56 bits per heavy atom. The summed E-state index contributed by atoms with van der Waals surface area (Å²) in [4.78, 5) is 29.2. The maximum atomic E-state index is 12.4. The second-order valence-corrected chi connectivity index (χ2v) is 7.89. The molecule has 0 atom stereocenters. The first-order chi connectivity index (χ1) is 16.5. The fourth-order valence-electron chi connectivity index (χ4n) is 3.12. The van der Waals surface area contributed by atoms with Gasteiger partial charge in [-0.25, -0.2) is 9.67 Å². The lowest BCUT2D eigenvalue weighted by Crippen LogP contribution is -2.42. The van der Waals surface area contributed by atoms with Gasteiger partial charge in [0.2, 0.25) is 5.91 Å². The SMILES string of the molecule is COc1ccc(-c2nc(CC(=O)NNC(=O)c3nn(-c4ccccc4)cc3O)cs2)cc1OC. The molecule has 3 N–H and O–H groups in total. The van der Waals surface area contributed by atoms with Crippen LogP contribution in [-0.4, -0.2) is 45.9 Å². The molecule has 0 aliphatic carbocycles. The van der Waals surface area contributed by atoms with E-state index in [0.717, 1.165) is 5.56 Å². The summed E-state index contributed by atoms with van der Waals surface area (Å²) < 4.78 is 11.9. The van der Waals surface area contributed by atoms with Gasteiger partial charge in [0.05, 0.1) is 38.2 Å². The van der Waals surface area contributed by atoms with Crippen molar-refractivity contribution in [3.8, 4) is 33.5 Å². The van der Waals surface area contributed by atoms with Crippen LogP contribution in [0.5, 0.6) is 17.2 Å². The van der Waals surface area contributed by atoms with Crippen molar-refractivity contribution in [2.45, 2.75) is 6.42 Å². The molecule has 174 valence electrons. The standard InChI is InChI=1S/C23H21N5O5S/c1-32-18-9-8-14(10-19(18)33-2)23-24-15(13-34-23)11-20(30)25-26-22(31)21-17(29)12-28(27-21)16-6-4-3-5-7-16/h3-10,12-13,29H,11H2,1-2H3,(H,25,30)(H,26,31). The fourth-order valence-corrected chi connectivity index (χ4v) is 3.94. The molecule has 0 bridgehead atoms. The van der Waals surface area contributed by atoms with Crippen LogP contribution < -0.4 is 20.3 Å². The Kier molecular flexibility index (Phi) is 6.74. The Bertz CT molecular complexity index is 1320. The van der Waals surface area contributed by atoms with Crippen molar-refractivity contribution in [1.82, 2.24) is 25.6 Å². The van der Waals surface area contributed by atoms with E-state index in [1.54, 1.807) is 37.8 Å². The molecule has 0 saturated heterocycles. The van der Waals surface area contributed by atoms with E-state index in [0.29, 0.717) is 27.9 Å². The maximum Gasteiger partial charge on any atom is 0.294 e. The van der Waals surface area contributed by atoms with Gasteiger partial charge in [0.15, 0.2) is 22.9 Å². The fraction of sp³-hybridized carbons (Fsp3) is 0.130. The largest absolute Gasteiger partial charge is 0.504 e. The van der Waals surface area contributed by atoms with Crippen LogP contribution in [0.1, 0.15) is 16.2 Å². The van der Waals surface area contributed by atoms with E-state index in [9.17, 15) is 14.7 Å². The highest BCUT2D eigenvalue weighted by molar-refractivity contribution is 7.13. The molecule has 0 saturated carbocycles. The number of carbonyl (C=O) groups excluding carboxylic acids is 2. The third kappa shape index (κ3) is 4.99. The van der Waals surface area contributed by atoms with E-state index in [1.807, 2.05) is 30.3 Å². The van der Waals surface area contributed by atoms with Gasteiger partial charge in [-0.2, -0.15) is 5.10 Å². The number of hydrogen-bond acceptors (Lipinski definition) is 8. The van der Waals surface area contributed by atoms with Gasteiger partial charge in [0.25, 0.3) is 5.91 Å². The van der Waals surface area contributed by atoms with Crippen molar-refractivity contribution < 1.29 is 24.2 Å². The number of hydrazine groups is 1. The van der Waals surface area contributed by atoms with Crippen LogP contribution in [0, 0.1) is 0 Å². The number of ether oxygens (including phenoxy) is 2. The summed E-state index contributed by atoms with van der Waals surface area (Å²) in [5.74, 6) is -0.341. The topological polar surface area (TPSA) is 128 Å². The minimum absolute atomic E-state index is 0.0471. The van der Waals surface area contributed by atoms with Gasteiger partial charge in [0.1, 0.15) is 5.01 Å². The molecular weight excluding hydrogens is 458 g/mol. The number of para-hydroxylation sites is 1. The van der Waals surface area contributed by atoms with E-state index in [4.69, 9.17) is 9.47 Å². The summed E-state index contributed by atoms with van der Waals surface area (Å²) in [6.45, 7) is 0. The second-order valence-electron chi connectivity index (χ2n) is 7.04. The highest BCUT2D eigenvalue weighted by Gasteiger charge is 2.18. The van der Waals surface area contributed by atoms with Gasteiger partial charge < -0.3 is 14.6 Å². The van der Waals surface area contributed by atoms with Gasteiger partial charge in [-0.3, -0.25) is 20.4 Å². The van der Waals surface area contributed by atoms with Crippen LogP contribution in [0.25, 0.3) is 16.3 Å². The molecule has 2 aromatic carbocycles. The first-order valence-electron chi connectivity index (χ1n) is 10.1. The molecule has 4 rings (SSSR count). The smallest absolute Gasteiger partial charge is 0.294 e. The molecule has 0 fully saturated rings. The summed E-state index contributed by atoms with van der Waals surface area (Å²) in [5, 5.41) is 16.6. The highest BCUT2D eigenvalue weighted by atomic mass is 32.1. The Balaban J connectivity index is 1.36. The molecule has 10 nitrogen and oxygen atoms in total. The lowest BCUT2D eigenvalue weighted by atomic mass is 10.2. The summed E-state index contributed by atoms with van der Waals surface area (Å²) >= 11 is 1.38. The minimum atomic E-state index is -0.746. The van der Waals surface area contributed by atoms with Gasteiger partial charge >= 0.3 is 0 Å². The average molecular weight is 480 g/mol. The van der Waals surface area contributed by atoms with E-state index in [2.05, 4.69) is 20.9 Å². The first kappa shape index (κ1) is 22.8. The number of rotatable bonds is 7. The summed E-state index contributed by atoms with van der Waals surface area (Å²) in [6.07, 6.45) is 1.27.